The van der Waals surface area contributed by atoms with E-state index in [4.69, 9.17) is 0 Å². The number of hydrogen-bond acceptors (Lipinski definition) is 3. The number of rotatable bonds is 7. The molecule has 2 saturated carbocycles. The normalized spacial score (nSPS) is 31.6. The van der Waals surface area contributed by atoms with Crippen molar-refractivity contribution in [3.63, 3.8) is 0 Å². The molecule has 1 aliphatic heterocycles. The van der Waals surface area contributed by atoms with Crippen molar-refractivity contribution in [3.05, 3.63) is 11.8 Å². The van der Waals surface area contributed by atoms with Crippen LogP contribution < -0.4 is 10.6 Å². The summed E-state index contributed by atoms with van der Waals surface area (Å²) in [6.07, 6.45) is 10.6. The quantitative estimate of drug-likeness (QED) is 0.547. The van der Waals surface area contributed by atoms with Crippen molar-refractivity contribution in [2.24, 2.45) is 29.6 Å². The number of carbonyl (C=O) groups excluding carboxylic acids is 1. The van der Waals surface area contributed by atoms with Gasteiger partial charge in [0.05, 0.1) is 0 Å². The number of carboxylic acid groups (broad SMARTS) is 1. The second-order valence-electron chi connectivity index (χ2n) is 10.8. The van der Waals surface area contributed by atoms with Gasteiger partial charge in [0.25, 0.3) is 0 Å². The summed E-state index contributed by atoms with van der Waals surface area (Å²) in [6.45, 7) is 8.93. The van der Waals surface area contributed by atoms with Gasteiger partial charge in [0, 0.05) is 31.5 Å². The Hall–Kier alpha value is -1.72. The second kappa shape index (κ2) is 10.3. The first-order chi connectivity index (χ1) is 14.7. The zero-order chi connectivity index (χ0) is 22.7. The number of nitrogens with zero attached hydrogens (tertiary/aromatic N) is 1. The van der Waals surface area contributed by atoms with E-state index in [-0.39, 0.29) is 12.1 Å². The lowest BCUT2D eigenvalue weighted by molar-refractivity contribution is -0.141. The summed E-state index contributed by atoms with van der Waals surface area (Å²) in [6, 6.07) is -0.541. The van der Waals surface area contributed by atoms with Gasteiger partial charge in [-0.3, -0.25) is 0 Å². The van der Waals surface area contributed by atoms with E-state index >= 15 is 0 Å². The van der Waals surface area contributed by atoms with Crippen LogP contribution in [0.2, 0.25) is 0 Å². The van der Waals surface area contributed by atoms with Gasteiger partial charge in [-0.05, 0) is 61.1 Å². The number of amides is 2. The third kappa shape index (κ3) is 5.38. The van der Waals surface area contributed by atoms with E-state index in [1.54, 1.807) is 7.05 Å². The summed E-state index contributed by atoms with van der Waals surface area (Å²) in [4.78, 5) is 26.9. The minimum absolute atomic E-state index is 0.105. The van der Waals surface area contributed by atoms with Crippen LogP contribution in [-0.4, -0.2) is 47.2 Å². The lowest BCUT2D eigenvalue weighted by atomic mass is 9.68. The highest BCUT2D eigenvalue weighted by Crippen LogP contribution is 2.38. The molecule has 0 spiro atoms. The van der Waals surface area contributed by atoms with Crippen LogP contribution in [0.1, 0.15) is 79.1 Å². The fraction of sp³-hybridized carbons (Fsp3) is 0.840. The van der Waals surface area contributed by atoms with Crippen LogP contribution in [0.4, 0.5) is 4.79 Å². The highest BCUT2D eigenvalue weighted by atomic mass is 16.4. The van der Waals surface area contributed by atoms with Crippen molar-refractivity contribution in [1.82, 2.24) is 15.5 Å². The molecule has 0 saturated heterocycles. The van der Waals surface area contributed by atoms with Crippen LogP contribution in [-0.2, 0) is 4.79 Å². The first kappa shape index (κ1) is 23.9. The summed E-state index contributed by atoms with van der Waals surface area (Å²) in [7, 11) is 1.65. The van der Waals surface area contributed by atoms with E-state index in [9.17, 15) is 14.7 Å². The lowest BCUT2D eigenvalue weighted by Gasteiger charge is -2.43. The van der Waals surface area contributed by atoms with Gasteiger partial charge in [0.2, 0.25) is 0 Å². The maximum absolute atomic E-state index is 13.3. The maximum atomic E-state index is 13.3. The van der Waals surface area contributed by atoms with Crippen molar-refractivity contribution in [3.8, 4) is 0 Å². The Morgan fingerprint density at radius 3 is 2.26 bits per heavy atom. The van der Waals surface area contributed by atoms with Crippen molar-refractivity contribution < 1.29 is 14.7 Å². The second-order valence-corrected chi connectivity index (χ2v) is 10.8. The molecular weight excluding hydrogens is 390 g/mol. The van der Waals surface area contributed by atoms with Gasteiger partial charge in [-0.15, -0.1) is 0 Å². The molecular formula is C25H43N3O3. The topological polar surface area (TPSA) is 81.7 Å². The summed E-state index contributed by atoms with van der Waals surface area (Å²) >= 11 is 0. The monoisotopic (exact) mass is 433 g/mol. The average molecular weight is 434 g/mol. The first-order valence-corrected chi connectivity index (χ1v) is 12.4. The minimum atomic E-state index is -0.928. The summed E-state index contributed by atoms with van der Waals surface area (Å²) < 4.78 is 0. The van der Waals surface area contributed by atoms with Gasteiger partial charge in [-0.1, -0.05) is 47.0 Å². The summed E-state index contributed by atoms with van der Waals surface area (Å²) in [5, 5.41) is 16.7. The van der Waals surface area contributed by atoms with Crippen molar-refractivity contribution in [1.29, 1.82) is 0 Å². The molecule has 0 bridgehead atoms. The Kier molecular flexibility index (Phi) is 7.92. The molecule has 31 heavy (non-hydrogen) atoms. The lowest BCUT2D eigenvalue weighted by Crippen LogP contribution is -2.56. The molecule has 6 nitrogen and oxygen atoms in total. The third-order valence-corrected chi connectivity index (χ3v) is 8.23. The molecule has 2 aliphatic carbocycles. The predicted octanol–water partition coefficient (Wildman–Crippen LogP) is 4.61. The number of aliphatic carboxylic acids is 1. The van der Waals surface area contributed by atoms with E-state index in [0.717, 1.165) is 31.3 Å². The molecule has 2 amide bonds. The predicted molar refractivity (Wildman–Crippen MR) is 124 cm³/mol. The van der Waals surface area contributed by atoms with E-state index in [0.29, 0.717) is 42.1 Å². The fourth-order valence-corrected chi connectivity index (χ4v) is 6.28. The van der Waals surface area contributed by atoms with E-state index in [1.807, 2.05) is 6.20 Å². The molecule has 2 fully saturated rings. The SMILES string of the molecule is CC(C)C1CCCC(C(C)C)C1NC(=O)N(C)C(CC1=CNC2CCCCC12)C(=O)O. The van der Waals surface area contributed by atoms with Crippen LogP contribution in [0, 0.1) is 29.6 Å². The van der Waals surface area contributed by atoms with E-state index in [2.05, 4.69) is 38.3 Å². The molecule has 3 rings (SSSR count). The number of hydrogen-bond donors (Lipinski definition) is 3. The largest absolute Gasteiger partial charge is 0.480 e. The Labute approximate surface area is 188 Å². The minimum Gasteiger partial charge on any atom is -0.480 e. The van der Waals surface area contributed by atoms with Crippen LogP contribution in [0.25, 0.3) is 0 Å². The Bertz CT molecular complexity index is 659. The smallest absolute Gasteiger partial charge is 0.326 e. The summed E-state index contributed by atoms with van der Waals surface area (Å²) in [5.74, 6) is 1.34. The molecule has 0 aromatic heterocycles. The molecule has 0 aromatic carbocycles. The van der Waals surface area contributed by atoms with Crippen LogP contribution >= 0.6 is 0 Å². The fourth-order valence-electron chi connectivity index (χ4n) is 6.28. The maximum Gasteiger partial charge on any atom is 0.326 e. The van der Waals surface area contributed by atoms with Crippen LogP contribution in [0.5, 0.6) is 0 Å². The molecule has 1 heterocycles. The van der Waals surface area contributed by atoms with Crippen molar-refractivity contribution in [2.45, 2.75) is 97.2 Å². The van der Waals surface area contributed by atoms with Gasteiger partial charge < -0.3 is 20.6 Å². The van der Waals surface area contributed by atoms with Crippen LogP contribution in [0.3, 0.4) is 0 Å². The van der Waals surface area contributed by atoms with Gasteiger partial charge in [-0.25, -0.2) is 9.59 Å². The van der Waals surface area contributed by atoms with Gasteiger partial charge in [0.1, 0.15) is 6.04 Å². The average Bonchev–Trinajstić information content (AvgIpc) is 3.14. The van der Waals surface area contributed by atoms with E-state index < -0.39 is 12.0 Å². The highest BCUT2D eigenvalue weighted by Gasteiger charge is 2.40. The third-order valence-electron chi connectivity index (χ3n) is 8.23. The molecule has 3 aliphatic rings. The van der Waals surface area contributed by atoms with E-state index in [1.165, 1.54) is 24.2 Å². The standard InChI is InChI=1S/C25H43N3O3/c1-15(2)18-10-8-11-19(16(3)4)23(18)27-25(31)28(5)22(24(29)30)13-17-14-26-21-12-7-6-9-20(17)21/h14-16,18-23,26H,6-13H2,1-5H3,(H,27,31)(H,29,30). The molecule has 5 unspecified atom stereocenters. The molecule has 5 atom stereocenters. The number of carboxylic acids is 1. The highest BCUT2D eigenvalue weighted by molar-refractivity contribution is 5.83. The Balaban J connectivity index is 1.70. The number of likely N-dealkylation sites (N-methyl/N-ethyl adjacent to an activating group) is 1. The number of nitrogens with one attached hydrogen (secondary N) is 2. The van der Waals surface area contributed by atoms with Crippen molar-refractivity contribution >= 4 is 12.0 Å². The number of fused-ring (bicyclic) bond motifs is 1. The van der Waals surface area contributed by atoms with Crippen LogP contribution in [0.15, 0.2) is 11.8 Å². The van der Waals surface area contributed by atoms with Gasteiger partial charge in [-0.2, -0.15) is 0 Å². The molecule has 176 valence electrons. The molecule has 0 radical (unpaired) electrons. The number of carbonyl (C=O) groups is 2. The van der Waals surface area contributed by atoms with Crippen molar-refractivity contribution in [2.75, 3.05) is 7.05 Å². The Morgan fingerprint density at radius 1 is 1.06 bits per heavy atom. The zero-order valence-corrected chi connectivity index (χ0v) is 20.1. The zero-order valence-electron chi connectivity index (χ0n) is 20.1. The Morgan fingerprint density at radius 2 is 1.68 bits per heavy atom. The summed E-state index contributed by atoms with van der Waals surface area (Å²) in [5.41, 5.74) is 1.16. The number of urea groups is 1. The molecule has 6 heteroatoms. The van der Waals surface area contributed by atoms with Gasteiger partial charge >= 0.3 is 12.0 Å². The van der Waals surface area contributed by atoms with Gasteiger partial charge in [0.15, 0.2) is 0 Å². The molecule has 3 N–H and O–H groups in total. The first-order valence-electron chi connectivity index (χ1n) is 12.4. The molecule has 0 aromatic rings.